The minimum atomic E-state index is -0.758. The lowest BCUT2D eigenvalue weighted by atomic mass is 10.1. The van der Waals surface area contributed by atoms with E-state index in [0.717, 1.165) is 11.3 Å². The second-order valence-electron chi connectivity index (χ2n) is 4.19. The van der Waals surface area contributed by atoms with E-state index in [1.165, 1.54) is 12.1 Å². The second-order valence-corrected chi connectivity index (χ2v) is 4.19. The lowest BCUT2D eigenvalue weighted by molar-refractivity contribution is 0.108. The van der Waals surface area contributed by atoms with Gasteiger partial charge in [-0.2, -0.15) is 0 Å². The van der Waals surface area contributed by atoms with Gasteiger partial charge in [-0.3, -0.25) is 0 Å². The summed E-state index contributed by atoms with van der Waals surface area (Å²) in [5, 5.41) is 9.89. The Hall–Kier alpha value is -1.87. The predicted octanol–water partition coefficient (Wildman–Crippen LogP) is 3.25. The molecule has 0 aliphatic rings. The Morgan fingerprint density at radius 3 is 2.56 bits per heavy atom. The normalized spacial score (nSPS) is 12.2. The summed E-state index contributed by atoms with van der Waals surface area (Å²) in [6.45, 7) is 2.12. The number of halogens is 1. The quantitative estimate of drug-likeness (QED) is 0.897. The van der Waals surface area contributed by atoms with Crippen molar-refractivity contribution >= 4 is 0 Å². The van der Waals surface area contributed by atoms with Gasteiger partial charge in [-0.25, -0.2) is 4.39 Å². The second kappa shape index (κ2) is 5.65. The van der Waals surface area contributed by atoms with E-state index in [0.29, 0.717) is 5.56 Å². The van der Waals surface area contributed by atoms with Crippen molar-refractivity contribution in [1.29, 1.82) is 0 Å². The molecule has 0 aromatic heterocycles. The highest BCUT2D eigenvalue weighted by Gasteiger charge is 2.08. The Morgan fingerprint density at radius 1 is 1.17 bits per heavy atom. The molecule has 94 valence electrons. The molecule has 0 aliphatic carbocycles. The van der Waals surface area contributed by atoms with Gasteiger partial charge in [0.2, 0.25) is 0 Å². The van der Waals surface area contributed by atoms with E-state index in [-0.39, 0.29) is 12.4 Å². The van der Waals surface area contributed by atoms with Crippen LogP contribution in [0.2, 0.25) is 0 Å². The first-order chi connectivity index (χ1) is 8.65. The zero-order valence-electron chi connectivity index (χ0n) is 10.1. The average molecular weight is 246 g/mol. The fourth-order valence-corrected chi connectivity index (χ4v) is 1.66. The molecule has 0 saturated heterocycles. The molecule has 0 bridgehead atoms. The summed E-state index contributed by atoms with van der Waals surface area (Å²) in [7, 11) is 0. The predicted molar refractivity (Wildman–Crippen MR) is 68.0 cm³/mol. The van der Waals surface area contributed by atoms with Crippen molar-refractivity contribution in [1.82, 2.24) is 0 Å². The Kier molecular flexibility index (Phi) is 3.95. The molecular formula is C15H15FO2. The van der Waals surface area contributed by atoms with Crippen LogP contribution >= 0.6 is 0 Å². The molecule has 0 heterocycles. The first-order valence-electron chi connectivity index (χ1n) is 5.78. The molecular weight excluding hydrogens is 231 g/mol. The summed E-state index contributed by atoms with van der Waals surface area (Å²) >= 11 is 0. The number of hydrogen-bond acceptors (Lipinski definition) is 2. The molecule has 3 heteroatoms. The van der Waals surface area contributed by atoms with Crippen LogP contribution in [-0.2, 0) is 0 Å². The van der Waals surface area contributed by atoms with Crippen LogP contribution in [-0.4, -0.2) is 11.7 Å². The highest BCUT2D eigenvalue weighted by Crippen LogP contribution is 2.17. The fourth-order valence-electron chi connectivity index (χ4n) is 1.66. The smallest absolute Gasteiger partial charge is 0.123 e. The maximum atomic E-state index is 12.7. The third-order valence-electron chi connectivity index (χ3n) is 2.65. The van der Waals surface area contributed by atoms with Gasteiger partial charge < -0.3 is 9.84 Å². The number of aliphatic hydroxyl groups is 1. The highest BCUT2D eigenvalue weighted by atomic mass is 19.1. The molecule has 0 saturated carbocycles. The number of benzene rings is 2. The summed E-state index contributed by atoms with van der Waals surface area (Å²) in [4.78, 5) is 0. The minimum Gasteiger partial charge on any atom is -0.491 e. The van der Waals surface area contributed by atoms with Crippen molar-refractivity contribution in [2.24, 2.45) is 0 Å². The molecule has 2 aromatic rings. The molecule has 0 spiro atoms. The van der Waals surface area contributed by atoms with Gasteiger partial charge in [0.25, 0.3) is 0 Å². The monoisotopic (exact) mass is 246 g/mol. The van der Waals surface area contributed by atoms with Gasteiger partial charge in [0.05, 0.1) is 0 Å². The van der Waals surface area contributed by atoms with Crippen molar-refractivity contribution < 1.29 is 14.2 Å². The van der Waals surface area contributed by atoms with Gasteiger partial charge in [-0.15, -0.1) is 0 Å². The molecule has 18 heavy (non-hydrogen) atoms. The molecule has 1 unspecified atom stereocenters. The van der Waals surface area contributed by atoms with E-state index < -0.39 is 6.10 Å². The van der Waals surface area contributed by atoms with Crippen molar-refractivity contribution in [3.8, 4) is 5.75 Å². The molecule has 0 fully saturated rings. The lowest BCUT2D eigenvalue weighted by Gasteiger charge is -2.13. The van der Waals surface area contributed by atoms with Gasteiger partial charge >= 0.3 is 0 Å². The number of hydrogen-bond donors (Lipinski definition) is 1. The van der Waals surface area contributed by atoms with E-state index in [9.17, 15) is 9.50 Å². The van der Waals surface area contributed by atoms with Gasteiger partial charge in [0.1, 0.15) is 24.3 Å². The molecule has 2 nitrogen and oxygen atoms in total. The Balaban J connectivity index is 1.96. The molecule has 1 atom stereocenters. The number of aliphatic hydroxyl groups excluding tert-OH is 1. The minimum absolute atomic E-state index is 0.148. The van der Waals surface area contributed by atoms with Crippen molar-refractivity contribution in [2.75, 3.05) is 6.61 Å². The maximum absolute atomic E-state index is 12.7. The summed E-state index contributed by atoms with van der Waals surface area (Å²) in [5.74, 6) is 0.404. The molecule has 2 aromatic carbocycles. The Bertz CT molecular complexity index is 508. The van der Waals surface area contributed by atoms with Crippen LogP contribution in [0.1, 0.15) is 17.2 Å². The standard InChI is InChI=1S/C15H15FO2/c1-11-3-2-4-14(9-11)18-10-15(17)12-5-7-13(16)8-6-12/h2-9,15,17H,10H2,1H3. The summed E-state index contributed by atoms with van der Waals surface area (Å²) < 4.78 is 18.2. The molecule has 0 amide bonds. The van der Waals surface area contributed by atoms with E-state index in [2.05, 4.69) is 0 Å². The van der Waals surface area contributed by atoms with E-state index in [1.807, 2.05) is 31.2 Å². The first kappa shape index (κ1) is 12.6. The van der Waals surface area contributed by atoms with Crippen LogP contribution < -0.4 is 4.74 Å². The summed E-state index contributed by atoms with van der Waals surface area (Å²) in [6, 6.07) is 13.4. The Labute approximate surface area is 106 Å². The van der Waals surface area contributed by atoms with E-state index >= 15 is 0 Å². The average Bonchev–Trinajstić information content (AvgIpc) is 2.37. The van der Waals surface area contributed by atoms with Crippen LogP contribution in [0, 0.1) is 12.7 Å². The third kappa shape index (κ3) is 3.31. The van der Waals surface area contributed by atoms with E-state index in [4.69, 9.17) is 4.74 Å². The van der Waals surface area contributed by atoms with Crippen LogP contribution in [0.25, 0.3) is 0 Å². The fraction of sp³-hybridized carbons (Fsp3) is 0.200. The van der Waals surface area contributed by atoms with Crippen LogP contribution in [0.4, 0.5) is 4.39 Å². The number of ether oxygens (including phenoxy) is 1. The van der Waals surface area contributed by atoms with Crippen LogP contribution in [0.3, 0.4) is 0 Å². The van der Waals surface area contributed by atoms with E-state index in [1.54, 1.807) is 12.1 Å². The zero-order valence-corrected chi connectivity index (χ0v) is 10.1. The molecule has 0 radical (unpaired) electrons. The van der Waals surface area contributed by atoms with Gasteiger partial charge in [0, 0.05) is 0 Å². The molecule has 2 rings (SSSR count). The summed E-state index contributed by atoms with van der Waals surface area (Å²) in [6.07, 6.45) is -0.758. The molecule has 0 aliphatic heterocycles. The number of rotatable bonds is 4. The SMILES string of the molecule is Cc1cccc(OCC(O)c2ccc(F)cc2)c1. The van der Waals surface area contributed by atoms with Gasteiger partial charge in [0.15, 0.2) is 0 Å². The zero-order chi connectivity index (χ0) is 13.0. The maximum Gasteiger partial charge on any atom is 0.123 e. The van der Waals surface area contributed by atoms with Crippen molar-refractivity contribution in [3.63, 3.8) is 0 Å². The van der Waals surface area contributed by atoms with Gasteiger partial charge in [-0.1, -0.05) is 24.3 Å². The van der Waals surface area contributed by atoms with Crippen LogP contribution in [0.5, 0.6) is 5.75 Å². The highest BCUT2D eigenvalue weighted by molar-refractivity contribution is 5.27. The van der Waals surface area contributed by atoms with Crippen molar-refractivity contribution in [3.05, 3.63) is 65.5 Å². The largest absolute Gasteiger partial charge is 0.491 e. The van der Waals surface area contributed by atoms with Gasteiger partial charge in [-0.05, 0) is 42.3 Å². The number of aryl methyl sites for hydroxylation is 1. The van der Waals surface area contributed by atoms with Crippen molar-refractivity contribution in [2.45, 2.75) is 13.0 Å². The Morgan fingerprint density at radius 2 is 1.89 bits per heavy atom. The third-order valence-corrected chi connectivity index (χ3v) is 2.65. The first-order valence-corrected chi connectivity index (χ1v) is 5.78. The summed E-state index contributed by atoms with van der Waals surface area (Å²) in [5.41, 5.74) is 1.74. The van der Waals surface area contributed by atoms with Crippen LogP contribution in [0.15, 0.2) is 48.5 Å². The lowest BCUT2D eigenvalue weighted by Crippen LogP contribution is -2.09. The topological polar surface area (TPSA) is 29.5 Å². The molecule has 1 N–H and O–H groups in total.